The van der Waals surface area contributed by atoms with Crippen molar-refractivity contribution in [3.63, 3.8) is 0 Å². The molecule has 9 aromatic carbocycles. The van der Waals surface area contributed by atoms with Crippen LogP contribution in [0.4, 0.5) is 101 Å². The van der Waals surface area contributed by atoms with Gasteiger partial charge in [-0.25, -0.2) is 57.6 Å². The molecule has 0 aliphatic heterocycles. The molecule has 0 saturated heterocycles. The molecule has 4 unspecified atom stereocenters. The number of halogens is 4. The topological polar surface area (TPSA) is 549 Å². The molecule has 752 valence electrons. The van der Waals surface area contributed by atoms with Crippen LogP contribution in [0.2, 0.25) is 5.02 Å². The van der Waals surface area contributed by atoms with E-state index < -0.39 is 116 Å². The van der Waals surface area contributed by atoms with Crippen LogP contribution in [-0.4, -0.2) is 141 Å². The zero-order chi connectivity index (χ0) is 105. The summed E-state index contributed by atoms with van der Waals surface area (Å²) in [6.45, 7) is 50.1. The minimum atomic E-state index is -4.89. The monoisotopic (exact) mass is 2060 g/mol. The van der Waals surface area contributed by atoms with Gasteiger partial charge in [0.25, 0.3) is 5.91 Å². The molecule has 0 aromatic heterocycles. The van der Waals surface area contributed by atoms with E-state index >= 15 is 0 Å². The number of hydrazine groups is 4. The first-order valence-electron chi connectivity index (χ1n) is 41.8. The highest BCUT2D eigenvalue weighted by atomic mass is 35.5. The van der Waals surface area contributed by atoms with Gasteiger partial charge < -0.3 is 57.0 Å². The number of amides is 11. The second kappa shape index (κ2) is 52.6. The Labute approximate surface area is 823 Å². The Hall–Kier alpha value is -15.1. The normalized spacial score (nSPS) is 11.8. The summed E-state index contributed by atoms with van der Waals surface area (Å²) in [6, 6.07) is 30.8. The number of anilines is 8. The molecule has 9 rings (SSSR count). The first kappa shape index (κ1) is 115. The van der Waals surface area contributed by atoms with Crippen molar-refractivity contribution in [1.29, 1.82) is 0 Å². The van der Waals surface area contributed by atoms with Gasteiger partial charge in [0, 0.05) is 18.5 Å². The molecule has 0 spiro atoms. The Morgan fingerprint density at radius 3 is 1.52 bits per heavy atom. The molecule has 0 fully saturated rings. The van der Waals surface area contributed by atoms with Crippen LogP contribution in [-0.2, 0) is 71.2 Å². The van der Waals surface area contributed by atoms with Crippen molar-refractivity contribution < 1.29 is 108 Å². The van der Waals surface area contributed by atoms with Gasteiger partial charge in [-0.2, -0.15) is 13.2 Å². The van der Waals surface area contributed by atoms with Crippen molar-refractivity contribution >= 4 is 174 Å². The number of primary amides is 2. The number of hydrogen-bond acceptors (Lipinski definition) is 25. The van der Waals surface area contributed by atoms with Crippen LogP contribution >= 0.6 is 11.6 Å². The zero-order valence-corrected chi connectivity index (χ0v) is 83.7. The van der Waals surface area contributed by atoms with Gasteiger partial charge in [-0.15, -0.1) is 0 Å². The van der Waals surface area contributed by atoms with E-state index in [0.29, 0.717) is 61.2 Å². The first-order valence-corrected chi connectivity index (χ1v) is 49.2. The van der Waals surface area contributed by atoms with Crippen molar-refractivity contribution in [2.24, 2.45) is 17.4 Å². The number of nitrogens with one attached hydrogen (secondary N) is 14. The van der Waals surface area contributed by atoms with Gasteiger partial charge in [0.2, 0.25) is 21.8 Å². The lowest BCUT2D eigenvalue weighted by atomic mass is 10.1. The molecule has 0 radical (unpaired) electrons. The molecule has 141 heavy (non-hydrogen) atoms. The summed E-state index contributed by atoms with van der Waals surface area (Å²) in [4.78, 5) is 98.0. The SMILES string of the molecule is CNS(=O)(=O)c1ccc(OC)c(NC(=O)NNc2cc(C(N)=O)c(C(N)=O)cc2S(=O)OC)c1.COc1cc(C)ccc1NC(=O)NNc1cc(C(F)(F)F)c(S(C)(=O)=O)cc1C.[C-]#[N+]c1cc(NNC(=O)NCCCOc2ccc(C)cc2C)c(S(=O)(=O)C(C)C)cc1[N+]#[C-].[C-]#[N+]c1cc(NNC(=O)Nc2cc(NC(=O)C(CC)Oc3ccc(C)cc3C)ccc2Cl)c(S(=O)OCC(C)CC)cc1[N+]#[C-]. The second-order valence-corrected chi connectivity index (χ2v) is 39.7. The number of urea groups is 4. The van der Waals surface area contributed by atoms with Gasteiger partial charge in [0.05, 0.1) is 152 Å². The molecule has 0 aliphatic carbocycles. The fourth-order valence-electron chi connectivity index (χ4n) is 12.0. The van der Waals surface area contributed by atoms with Crippen molar-refractivity contribution in [1.82, 2.24) is 31.7 Å². The largest absolute Gasteiger partial charge is 0.495 e. The number of carbonyl (C=O) groups excluding carboxylic acids is 7. The van der Waals surface area contributed by atoms with E-state index in [9.17, 15) is 80.4 Å². The van der Waals surface area contributed by atoms with Crippen molar-refractivity contribution in [3.05, 3.63) is 240 Å². The van der Waals surface area contributed by atoms with E-state index in [1.807, 2.05) is 91.8 Å². The molecule has 11 amide bonds. The van der Waals surface area contributed by atoms with Crippen LogP contribution in [0.5, 0.6) is 23.0 Å². The van der Waals surface area contributed by atoms with Crippen molar-refractivity contribution in [3.8, 4) is 23.0 Å². The average Bonchev–Trinajstić information content (AvgIpc) is 0.785. The molecule has 0 saturated carbocycles. The third-order valence-electron chi connectivity index (χ3n) is 19.7. The number of ether oxygens (including phenoxy) is 4. The number of rotatable bonds is 37. The number of hydrogen-bond donors (Lipinski definition) is 16. The third kappa shape index (κ3) is 33.4. The smallest absolute Gasteiger partial charge is 0.417 e. The predicted molar refractivity (Wildman–Crippen MR) is 529 cm³/mol. The van der Waals surface area contributed by atoms with Crippen LogP contribution in [0, 0.1) is 73.7 Å². The van der Waals surface area contributed by atoms with Gasteiger partial charge in [-0.05, 0) is 213 Å². The Morgan fingerprint density at radius 2 is 1.00 bits per heavy atom. The van der Waals surface area contributed by atoms with Crippen LogP contribution in [0.15, 0.2) is 164 Å². The third-order valence-corrected chi connectivity index (χ3v) is 26.8. The summed E-state index contributed by atoms with van der Waals surface area (Å²) in [5.74, 6) is -0.226. The van der Waals surface area contributed by atoms with Crippen LogP contribution in [0.3, 0.4) is 0 Å². The Kier molecular flexibility index (Phi) is 42.8. The summed E-state index contributed by atoms with van der Waals surface area (Å²) in [7, 11) is -6.56. The number of nitrogens with zero attached hydrogens (tertiary/aromatic N) is 4. The van der Waals surface area contributed by atoms with Gasteiger partial charge in [0.15, 0.2) is 70.7 Å². The van der Waals surface area contributed by atoms with Gasteiger partial charge in [-0.1, -0.05) is 80.3 Å². The molecule has 41 nitrogen and oxygen atoms in total. The van der Waals surface area contributed by atoms with E-state index in [1.54, 1.807) is 24.3 Å². The summed E-state index contributed by atoms with van der Waals surface area (Å²) in [5, 5.41) is 12.4. The highest BCUT2D eigenvalue weighted by Gasteiger charge is 2.38. The number of methoxy groups -OCH3 is 2. The minimum absolute atomic E-state index is 0.00541. The van der Waals surface area contributed by atoms with E-state index in [0.717, 1.165) is 71.4 Å². The summed E-state index contributed by atoms with van der Waals surface area (Å²) in [6.07, 6.45) is -3.13. The highest BCUT2D eigenvalue weighted by Crippen LogP contribution is 2.42. The van der Waals surface area contributed by atoms with Crippen molar-refractivity contribution in [2.45, 2.75) is 137 Å². The number of benzene rings is 9. The van der Waals surface area contributed by atoms with Crippen molar-refractivity contribution in [2.75, 3.05) is 97.4 Å². The number of carbonyl (C=O) groups is 7. The number of alkyl halides is 3. The van der Waals surface area contributed by atoms with E-state index in [-0.39, 0.29) is 122 Å². The summed E-state index contributed by atoms with van der Waals surface area (Å²) >= 11 is 2.23. The van der Waals surface area contributed by atoms with Crippen LogP contribution < -0.4 is 105 Å². The Morgan fingerprint density at radius 1 is 0.504 bits per heavy atom. The fourth-order valence-corrected chi connectivity index (χ4v) is 16.8. The summed E-state index contributed by atoms with van der Waals surface area (Å²) < 4.78 is 172. The van der Waals surface area contributed by atoms with E-state index in [2.05, 4.69) is 94.1 Å². The quantitative estimate of drug-likeness (QED) is 0.00977. The maximum absolute atomic E-state index is 13.3. The molecule has 0 bridgehead atoms. The van der Waals surface area contributed by atoms with Crippen LogP contribution in [0.25, 0.3) is 19.4 Å². The predicted octanol–water partition coefficient (Wildman–Crippen LogP) is 16.3. The highest BCUT2D eigenvalue weighted by molar-refractivity contribution is 7.92. The minimum Gasteiger partial charge on any atom is -0.495 e. The molecule has 9 aromatic rings. The molecule has 50 heteroatoms. The van der Waals surface area contributed by atoms with Crippen LogP contribution in [0.1, 0.15) is 114 Å². The zero-order valence-electron chi connectivity index (χ0n) is 78.8. The Bertz CT molecular complexity index is 6780. The summed E-state index contributed by atoms with van der Waals surface area (Å²) in [5.41, 5.74) is 34.0. The van der Waals surface area contributed by atoms with E-state index in [4.69, 9.17) is 76.7 Å². The maximum atomic E-state index is 13.3. The lowest BCUT2D eigenvalue weighted by molar-refractivity contribution is -0.139. The molecular formula is C91H104ClF3N20O21S5. The average molecular weight is 2070 g/mol. The standard InChI is InChI=1S/C32H35ClN6O5S.C23H27N5O4S.C18H20F3N3O4S.C18H22N6O8S2/c1-8-19(3)18-43-45(42)30-17-26(35-7)25(34-6)16-27(30)38-39-32(41)37-24-15-22(11-12-23(24)33)36-31(40)28(9-2)44-29-13-10-20(4)14-21(29)5;1-15(2)33(30,31)22-14-19(25-6)18(24-5)13-20(22)27-28-23(29)26-10-7-11-32-21-9-8-16(3)12-17(21)4;1-10-5-6-13(15(7-10)28-3)22-17(25)24-23-14-9-12(18(19,20)21)16(8-11(14)2)29(4,26)27;1-21-34(29,30)9-4-5-14(31-2)12(6-9)22-18(27)24-23-13-7-10(16(19)25)11(17(20)26)8-15(13)33(28)32-3/h10-17,19,28,38H,8-9,18H2,1-5H3,(H,36,40)(H2,37,39,41);8-9,12-15,27H,7,10-11H2,1-4H3,(H2,26,28,29);5-9,23H,1-4H3,(H2,22,24,25);4-8,21,23H,1-3H3,(H2,19,25)(H2,20,26)(H2,22,24,27). The Balaban J connectivity index is 0.000000292. The first-order chi connectivity index (χ1) is 66.3. The lowest BCUT2D eigenvalue weighted by Gasteiger charge is -2.19. The van der Waals surface area contributed by atoms with E-state index in [1.165, 1.54) is 90.6 Å². The second-order valence-electron chi connectivity index (χ2n) is 30.5. The molecule has 0 aliphatic rings. The number of sulfone groups is 2. The molecule has 4 atom stereocenters. The van der Waals surface area contributed by atoms with Gasteiger partial charge >= 0.3 is 30.3 Å². The fraction of sp³-hybridized carbons (Fsp3) is 0.286. The molecular weight excluding hydrogens is 1960 g/mol. The molecule has 0 heterocycles. The van der Waals surface area contributed by atoms with Gasteiger partial charge in [-0.3, -0.25) is 85.5 Å². The number of sulfonamides is 1. The maximum Gasteiger partial charge on any atom is 0.417 e. The number of nitrogens with two attached hydrogens (primary N) is 2. The van der Waals surface area contributed by atoms with Gasteiger partial charge in [0.1, 0.15) is 23.0 Å². The molecule has 18 N–H and O–H groups in total. The number of aryl methyl sites for hydroxylation is 6. The lowest BCUT2D eigenvalue weighted by Crippen LogP contribution is -2.40.